The van der Waals surface area contributed by atoms with E-state index in [2.05, 4.69) is 25.5 Å². The zero-order chi connectivity index (χ0) is 13.1. The van der Waals surface area contributed by atoms with E-state index in [1.165, 1.54) is 18.7 Å². The van der Waals surface area contributed by atoms with Gasteiger partial charge in [0.2, 0.25) is 0 Å². The van der Waals surface area contributed by atoms with Crippen molar-refractivity contribution in [3.05, 3.63) is 30.1 Å². The van der Waals surface area contributed by atoms with Crippen LogP contribution in [0, 0.1) is 0 Å². The minimum absolute atomic E-state index is 0.180. The van der Waals surface area contributed by atoms with Gasteiger partial charge in [-0.15, -0.1) is 0 Å². The number of nitrogen functional groups attached to an aromatic ring is 1. The van der Waals surface area contributed by atoms with Gasteiger partial charge in [-0.1, -0.05) is 13.8 Å². The van der Waals surface area contributed by atoms with Gasteiger partial charge in [-0.2, -0.15) is 5.10 Å². The van der Waals surface area contributed by atoms with Crippen molar-refractivity contribution >= 4 is 17.3 Å². The minimum atomic E-state index is -0.384. The lowest BCUT2D eigenvalue weighted by Crippen LogP contribution is -2.14. The number of amides is 1. The van der Waals surface area contributed by atoms with Crippen LogP contribution >= 0.6 is 0 Å². The third-order valence-electron chi connectivity index (χ3n) is 2.44. The van der Waals surface area contributed by atoms with E-state index in [-0.39, 0.29) is 17.5 Å². The van der Waals surface area contributed by atoms with E-state index in [4.69, 9.17) is 5.73 Å². The van der Waals surface area contributed by atoms with Gasteiger partial charge in [-0.3, -0.25) is 9.89 Å². The Morgan fingerprint density at radius 2 is 2.06 bits per heavy atom. The van der Waals surface area contributed by atoms with Crippen LogP contribution in [0.5, 0.6) is 0 Å². The molecule has 94 valence electrons. The second kappa shape index (κ2) is 4.82. The Bertz CT molecular complexity index is 548. The predicted molar refractivity (Wildman–Crippen MR) is 67.1 cm³/mol. The SMILES string of the molecule is CC(C)c1[nH]nc(C(=O)Nc2cncnc2)c1N. The fourth-order valence-corrected chi connectivity index (χ4v) is 1.53. The molecule has 2 aromatic rings. The van der Waals surface area contributed by atoms with Gasteiger partial charge >= 0.3 is 0 Å². The molecule has 0 aliphatic rings. The number of carbonyl (C=O) groups excluding carboxylic acids is 1. The fraction of sp³-hybridized carbons (Fsp3) is 0.273. The molecule has 0 atom stereocenters. The first-order valence-electron chi connectivity index (χ1n) is 5.49. The van der Waals surface area contributed by atoms with E-state index in [0.717, 1.165) is 5.69 Å². The number of H-pyrrole nitrogens is 1. The third kappa shape index (κ3) is 2.29. The van der Waals surface area contributed by atoms with Crippen LogP contribution in [0.25, 0.3) is 0 Å². The molecule has 0 spiro atoms. The lowest BCUT2D eigenvalue weighted by Gasteiger charge is -2.04. The molecule has 7 nitrogen and oxygen atoms in total. The number of carbonyl (C=O) groups is 1. The standard InChI is InChI=1S/C11H14N6O/c1-6(2)9-8(12)10(17-16-9)11(18)15-7-3-13-5-14-4-7/h3-6H,12H2,1-2H3,(H,15,18)(H,16,17). The Kier molecular flexibility index (Phi) is 3.22. The van der Waals surface area contributed by atoms with E-state index in [1.54, 1.807) is 0 Å². The predicted octanol–water partition coefficient (Wildman–Crippen LogP) is 1.16. The molecule has 0 unspecified atom stereocenters. The molecule has 0 aromatic carbocycles. The maximum atomic E-state index is 11.9. The van der Waals surface area contributed by atoms with Crippen LogP contribution in [0.4, 0.5) is 11.4 Å². The molecule has 0 radical (unpaired) electrons. The van der Waals surface area contributed by atoms with Gasteiger partial charge in [0.25, 0.3) is 5.91 Å². The van der Waals surface area contributed by atoms with Crippen molar-refractivity contribution in [3.8, 4) is 0 Å². The number of rotatable bonds is 3. The molecule has 0 saturated heterocycles. The number of nitrogens with two attached hydrogens (primary N) is 1. The lowest BCUT2D eigenvalue weighted by atomic mass is 10.1. The summed E-state index contributed by atoms with van der Waals surface area (Å²) in [5.41, 5.74) is 7.68. The molecule has 7 heteroatoms. The average molecular weight is 246 g/mol. The van der Waals surface area contributed by atoms with Crippen molar-refractivity contribution in [1.29, 1.82) is 0 Å². The van der Waals surface area contributed by atoms with Gasteiger partial charge in [0.1, 0.15) is 6.33 Å². The molecular weight excluding hydrogens is 232 g/mol. The number of nitrogens with zero attached hydrogens (tertiary/aromatic N) is 3. The van der Waals surface area contributed by atoms with Crippen LogP contribution in [-0.2, 0) is 0 Å². The van der Waals surface area contributed by atoms with Crippen LogP contribution in [-0.4, -0.2) is 26.1 Å². The number of aromatic nitrogens is 4. The van der Waals surface area contributed by atoms with Gasteiger partial charge < -0.3 is 11.1 Å². The quantitative estimate of drug-likeness (QED) is 0.752. The monoisotopic (exact) mass is 246 g/mol. The van der Waals surface area contributed by atoms with Gasteiger partial charge in [0.15, 0.2) is 5.69 Å². The summed E-state index contributed by atoms with van der Waals surface area (Å²) < 4.78 is 0. The van der Waals surface area contributed by atoms with Crippen molar-refractivity contribution in [3.63, 3.8) is 0 Å². The summed E-state index contributed by atoms with van der Waals surface area (Å²) in [6.45, 7) is 3.94. The first-order chi connectivity index (χ1) is 8.59. The molecule has 2 heterocycles. The van der Waals surface area contributed by atoms with E-state index in [1.807, 2.05) is 13.8 Å². The molecule has 4 N–H and O–H groups in total. The van der Waals surface area contributed by atoms with E-state index in [0.29, 0.717) is 11.4 Å². The maximum Gasteiger partial charge on any atom is 0.278 e. The summed E-state index contributed by atoms with van der Waals surface area (Å²) in [6, 6.07) is 0. The van der Waals surface area contributed by atoms with E-state index < -0.39 is 0 Å². The van der Waals surface area contributed by atoms with Crippen LogP contribution in [0.1, 0.15) is 35.9 Å². The van der Waals surface area contributed by atoms with Gasteiger partial charge in [0.05, 0.1) is 29.5 Å². The molecular formula is C11H14N6O. The Labute approximate surface area is 104 Å². The first kappa shape index (κ1) is 12.0. The number of anilines is 2. The summed E-state index contributed by atoms with van der Waals surface area (Å²) >= 11 is 0. The molecule has 0 saturated carbocycles. The van der Waals surface area contributed by atoms with Crippen LogP contribution in [0.3, 0.4) is 0 Å². The Morgan fingerprint density at radius 1 is 1.39 bits per heavy atom. The fourth-order valence-electron chi connectivity index (χ4n) is 1.53. The van der Waals surface area contributed by atoms with Gasteiger partial charge in [0, 0.05) is 0 Å². The first-order valence-corrected chi connectivity index (χ1v) is 5.49. The Morgan fingerprint density at radius 3 is 2.61 bits per heavy atom. The molecule has 2 rings (SSSR count). The highest BCUT2D eigenvalue weighted by atomic mass is 16.2. The highest BCUT2D eigenvalue weighted by Gasteiger charge is 2.18. The van der Waals surface area contributed by atoms with Gasteiger partial charge in [-0.05, 0) is 5.92 Å². The molecule has 1 amide bonds. The second-order valence-electron chi connectivity index (χ2n) is 4.14. The molecule has 0 aliphatic heterocycles. The number of aromatic amines is 1. The Hall–Kier alpha value is -2.44. The number of nitrogens with one attached hydrogen (secondary N) is 2. The van der Waals surface area contributed by atoms with E-state index >= 15 is 0 Å². The maximum absolute atomic E-state index is 11.9. The topological polar surface area (TPSA) is 110 Å². The second-order valence-corrected chi connectivity index (χ2v) is 4.14. The summed E-state index contributed by atoms with van der Waals surface area (Å²) in [5.74, 6) is -0.204. The lowest BCUT2D eigenvalue weighted by molar-refractivity contribution is 0.102. The number of hydrogen-bond donors (Lipinski definition) is 3. The molecule has 0 fully saturated rings. The molecule has 18 heavy (non-hydrogen) atoms. The van der Waals surface area contributed by atoms with Crippen LogP contribution < -0.4 is 11.1 Å². The third-order valence-corrected chi connectivity index (χ3v) is 2.44. The van der Waals surface area contributed by atoms with E-state index in [9.17, 15) is 4.79 Å². The highest BCUT2D eigenvalue weighted by Crippen LogP contribution is 2.22. The van der Waals surface area contributed by atoms with Crippen molar-refractivity contribution in [1.82, 2.24) is 20.2 Å². The van der Waals surface area contributed by atoms with Crippen LogP contribution in [0.2, 0.25) is 0 Å². The molecule has 0 bridgehead atoms. The summed E-state index contributed by atoms with van der Waals surface area (Å²) in [6.07, 6.45) is 4.38. The summed E-state index contributed by atoms with van der Waals surface area (Å²) in [4.78, 5) is 19.5. The van der Waals surface area contributed by atoms with Gasteiger partial charge in [-0.25, -0.2) is 9.97 Å². The highest BCUT2D eigenvalue weighted by molar-refractivity contribution is 6.06. The summed E-state index contributed by atoms with van der Waals surface area (Å²) in [5, 5.41) is 9.33. The van der Waals surface area contributed by atoms with Crippen LogP contribution in [0.15, 0.2) is 18.7 Å². The smallest absolute Gasteiger partial charge is 0.278 e. The zero-order valence-electron chi connectivity index (χ0n) is 10.1. The normalized spacial score (nSPS) is 10.6. The minimum Gasteiger partial charge on any atom is -0.395 e. The van der Waals surface area contributed by atoms with Crippen molar-refractivity contribution in [2.45, 2.75) is 19.8 Å². The van der Waals surface area contributed by atoms with Crippen molar-refractivity contribution in [2.24, 2.45) is 0 Å². The number of hydrogen-bond acceptors (Lipinski definition) is 5. The summed E-state index contributed by atoms with van der Waals surface area (Å²) in [7, 11) is 0. The van der Waals surface area contributed by atoms with Crippen molar-refractivity contribution in [2.75, 3.05) is 11.1 Å². The Balaban J connectivity index is 2.20. The zero-order valence-corrected chi connectivity index (χ0v) is 10.1. The largest absolute Gasteiger partial charge is 0.395 e. The van der Waals surface area contributed by atoms with Crippen molar-refractivity contribution < 1.29 is 4.79 Å². The molecule has 2 aromatic heterocycles. The molecule has 0 aliphatic carbocycles. The average Bonchev–Trinajstić information content (AvgIpc) is 2.72.